The summed E-state index contributed by atoms with van der Waals surface area (Å²) in [6.07, 6.45) is 1.04. The summed E-state index contributed by atoms with van der Waals surface area (Å²) >= 11 is 0. The number of rotatable bonds is 3. The third kappa shape index (κ3) is 2.78. The van der Waals surface area contributed by atoms with Gasteiger partial charge in [-0.15, -0.1) is 0 Å². The van der Waals surface area contributed by atoms with Crippen molar-refractivity contribution in [3.05, 3.63) is 0 Å². The molecule has 0 saturated carbocycles. The van der Waals surface area contributed by atoms with E-state index in [2.05, 4.69) is 0 Å². The van der Waals surface area contributed by atoms with Gasteiger partial charge in [0.2, 0.25) is 5.91 Å². The van der Waals surface area contributed by atoms with Crippen molar-refractivity contribution in [1.29, 1.82) is 0 Å². The smallest absolute Gasteiger partial charge is 0.243 e. The molecule has 100 valence electrons. The second kappa shape index (κ2) is 4.91. The molecule has 6 nitrogen and oxygen atoms in total. The van der Waals surface area contributed by atoms with Gasteiger partial charge in [0.25, 0.3) is 0 Å². The minimum atomic E-state index is -3.50. The van der Waals surface area contributed by atoms with E-state index >= 15 is 0 Å². The van der Waals surface area contributed by atoms with Crippen molar-refractivity contribution in [3.63, 3.8) is 0 Å². The fourth-order valence-electron chi connectivity index (χ4n) is 1.58. The number of carbonyl (C=O) groups excluding carboxylic acids is 1. The number of aliphatic hydroxyl groups excluding tert-OH is 1. The zero-order valence-corrected chi connectivity index (χ0v) is 11.2. The molecular weight excluding hydrogens is 246 g/mol. The van der Waals surface area contributed by atoms with Crippen LogP contribution in [0.5, 0.6) is 0 Å². The van der Waals surface area contributed by atoms with E-state index < -0.39 is 26.5 Å². The van der Waals surface area contributed by atoms with Crippen LogP contribution >= 0.6 is 0 Å². The lowest BCUT2D eigenvalue weighted by Crippen LogP contribution is -2.58. The predicted molar refractivity (Wildman–Crippen MR) is 62.3 cm³/mol. The molecule has 1 unspecified atom stereocenters. The van der Waals surface area contributed by atoms with E-state index in [0.717, 1.165) is 6.26 Å². The molecule has 1 aliphatic rings. The van der Waals surface area contributed by atoms with Crippen LogP contribution in [-0.4, -0.2) is 67.7 Å². The largest absolute Gasteiger partial charge is 0.394 e. The number of ether oxygens (including phenoxy) is 1. The van der Waals surface area contributed by atoms with Gasteiger partial charge in [0, 0.05) is 12.8 Å². The molecule has 1 rings (SSSR count). The summed E-state index contributed by atoms with van der Waals surface area (Å²) in [5.41, 5.74) is 0. The summed E-state index contributed by atoms with van der Waals surface area (Å²) in [6.45, 7) is 3.45. The summed E-state index contributed by atoms with van der Waals surface area (Å²) < 4.78 is 26.9. The van der Waals surface area contributed by atoms with E-state index in [1.165, 1.54) is 18.7 Å². The Morgan fingerprint density at radius 3 is 2.59 bits per heavy atom. The molecule has 1 heterocycles. The average Bonchev–Trinajstić information content (AvgIpc) is 2.26. The number of nitrogens with zero attached hydrogens (tertiary/aromatic N) is 1. The van der Waals surface area contributed by atoms with Gasteiger partial charge in [-0.05, 0) is 13.8 Å². The Morgan fingerprint density at radius 1 is 1.53 bits per heavy atom. The van der Waals surface area contributed by atoms with Crippen LogP contribution in [0, 0.1) is 0 Å². The molecule has 1 saturated heterocycles. The van der Waals surface area contributed by atoms with Crippen LogP contribution in [-0.2, 0) is 19.4 Å². The fraction of sp³-hybridized carbons (Fsp3) is 0.900. The first-order valence-electron chi connectivity index (χ1n) is 5.41. The van der Waals surface area contributed by atoms with Crippen molar-refractivity contribution in [3.8, 4) is 0 Å². The number of hydrogen-bond donors (Lipinski definition) is 1. The second-order valence-electron chi connectivity index (χ2n) is 4.69. The lowest BCUT2D eigenvalue weighted by Gasteiger charge is -2.38. The van der Waals surface area contributed by atoms with E-state index in [-0.39, 0.29) is 13.2 Å². The summed E-state index contributed by atoms with van der Waals surface area (Å²) in [7, 11) is -3.50. The van der Waals surface area contributed by atoms with Crippen molar-refractivity contribution >= 4 is 15.7 Å². The molecule has 1 amide bonds. The first-order chi connectivity index (χ1) is 7.71. The summed E-state index contributed by atoms with van der Waals surface area (Å²) in [4.78, 5) is 13.6. The third-order valence-corrected chi connectivity index (χ3v) is 5.17. The van der Waals surface area contributed by atoms with Gasteiger partial charge in [0.05, 0.1) is 25.9 Å². The Kier molecular flexibility index (Phi) is 4.16. The van der Waals surface area contributed by atoms with Crippen molar-refractivity contribution in [2.75, 3.05) is 32.6 Å². The normalized spacial score (nSPS) is 22.6. The zero-order valence-electron chi connectivity index (χ0n) is 10.3. The Hall–Kier alpha value is -0.660. The third-order valence-electron chi connectivity index (χ3n) is 3.14. The molecule has 0 aromatic carbocycles. The van der Waals surface area contributed by atoms with Crippen LogP contribution in [0.4, 0.5) is 0 Å². The quantitative estimate of drug-likeness (QED) is 0.710. The molecule has 17 heavy (non-hydrogen) atoms. The Labute approximate surface area is 101 Å². The SMILES string of the molecule is CC(C)(C(=O)N1CCOCC1CO)S(C)(=O)=O. The van der Waals surface area contributed by atoms with Crippen molar-refractivity contribution in [2.45, 2.75) is 24.6 Å². The molecule has 1 fully saturated rings. The average molecular weight is 265 g/mol. The number of morpholine rings is 1. The number of amides is 1. The molecule has 0 aliphatic carbocycles. The van der Waals surface area contributed by atoms with Gasteiger partial charge in [-0.1, -0.05) is 0 Å². The molecule has 0 aromatic rings. The summed E-state index contributed by atoms with van der Waals surface area (Å²) in [5, 5.41) is 9.16. The molecule has 0 bridgehead atoms. The van der Waals surface area contributed by atoms with E-state index in [1.54, 1.807) is 0 Å². The van der Waals surface area contributed by atoms with Crippen LogP contribution in [0.3, 0.4) is 0 Å². The Balaban J connectivity index is 2.95. The fourth-order valence-corrected chi connectivity index (χ4v) is 2.01. The topological polar surface area (TPSA) is 83.9 Å². The number of sulfone groups is 1. The maximum absolute atomic E-state index is 12.2. The number of hydrogen-bond acceptors (Lipinski definition) is 5. The number of aliphatic hydroxyl groups is 1. The maximum Gasteiger partial charge on any atom is 0.243 e. The second-order valence-corrected chi connectivity index (χ2v) is 7.26. The Bertz CT molecular complexity index is 390. The highest BCUT2D eigenvalue weighted by Crippen LogP contribution is 2.21. The van der Waals surface area contributed by atoms with Crippen molar-refractivity contribution in [1.82, 2.24) is 4.90 Å². The highest BCUT2D eigenvalue weighted by molar-refractivity contribution is 7.92. The van der Waals surface area contributed by atoms with E-state index in [9.17, 15) is 13.2 Å². The monoisotopic (exact) mass is 265 g/mol. The van der Waals surface area contributed by atoms with Gasteiger partial charge < -0.3 is 14.7 Å². The highest BCUT2D eigenvalue weighted by atomic mass is 32.2. The lowest BCUT2D eigenvalue weighted by molar-refractivity contribution is -0.143. The molecule has 1 N–H and O–H groups in total. The molecule has 1 aliphatic heterocycles. The van der Waals surface area contributed by atoms with E-state index in [4.69, 9.17) is 9.84 Å². The molecule has 0 radical (unpaired) electrons. The van der Waals surface area contributed by atoms with Crippen LogP contribution in [0.15, 0.2) is 0 Å². The van der Waals surface area contributed by atoms with Gasteiger partial charge >= 0.3 is 0 Å². The van der Waals surface area contributed by atoms with E-state index in [0.29, 0.717) is 13.2 Å². The van der Waals surface area contributed by atoms with Gasteiger partial charge in [-0.25, -0.2) is 8.42 Å². The molecule has 0 aromatic heterocycles. The first-order valence-corrected chi connectivity index (χ1v) is 7.30. The standard InChI is InChI=1S/C10H19NO5S/c1-10(2,17(3,14)15)9(13)11-4-5-16-7-8(11)6-12/h8,12H,4-7H2,1-3H3. The molecule has 1 atom stereocenters. The molecule has 7 heteroatoms. The lowest BCUT2D eigenvalue weighted by atomic mass is 10.1. The van der Waals surface area contributed by atoms with Gasteiger partial charge in [-0.3, -0.25) is 4.79 Å². The van der Waals surface area contributed by atoms with Crippen LogP contribution in [0.25, 0.3) is 0 Å². The highest BCUT2D eigenvalue weighted by Gasteiger charge is 2.43. The molecule has 0 spiro atoms. The maximum atomic E-state index is 12.2. The number of carbonyl (C=O) groups is 1. The minimum Gasteiger partial charge on any atom is -0.394 e. The predicted octanol–water partition coefficient (Wildman–Crippen LogP) is -0.971. The van der Waals surface area contributed by atoms with Crippen LogP contribution in [0.2, 0.25) is 0 Å². The minimum absolute atomic E-state index is 0.231. The van der Waals surface area contributed by atoms with Gasteiger partial charge in [0.1, 0.15) is 4.75 Å². The van der Waals surface area contributed by atoms with Crippen LogP contribution < -0.4 is 0 Å². The van der Waals surface area contributed by atoms with Gasteiger partial charge in [-0.2, -0.15) is 0 Å². The van der Waals surface area contributed by atoms with Crippen molar-refractivity contribution < 1.29 is 23.1 Å². The first kappa shape index (κ1) is 14.4. The van der Waals surface area contributed by atoms with E-state index in [1.807, 2.05) is 0 Å². The van der Waals surface area contributed by atoms with Gasteiger partial charge in [0.15, 0.2) is 9.84 Å². The Morgan fingerprint density at radius 2 is 2.12 bits per heavy atom. The van der Waals surface area contributed by atoms with Crippen molar-refractivity contribution in [2.24, 2.45) is 0 Å². The van der Waals surface area contributed by atoms with Crippen LogP contribution in [0.1, 0.15) is 13.8 Å². The zero-order chi connectivity index (χ0) is 13.3. The summed E-state index contributed by atoms with van der Waals surface area (Å²) in [5.74, 6) is -0.484. The molecular formula is C10H19NO5S. The summed E-state index contributed by atoms with van der Waals surface area (Å²) in [6, 6.07) is -0.461.